The molecule has 0 aromatic heterocycles. The summed E-state index contributed by atoms with van der Waals surface area (Å²) in [7, 11) is 0. The highest BCUT2D eigenvalue weighted by Gasteiger charge is 2.31. The Kier molecular flexibility index (Phi) is 6.93. The Hall–Kier alpha value is -3.09. The zero-order chi connectivity index (χ0) is 24.4. The second-order valence-corrected chi connectivity index (χ2v) is 10.0. The summed E-state index contributed by atoms with van der Waals surface area (Å²) in [5.41, 5.74) is 1.92. The summed E-state index contributed by atoms with van der Waals surface area (Å²) in [5, 5.41) is 15.1. The lowest BCUT2D eigenvalue weighted by molar-refractivity contribution is -0.133. The van der Waals surface area contributed by atoms with Gasteiger partial charge >= 0.3 is 0 Å². The molecule has 2 aliphatic heterocycles. The predicted molar refractivity (Wildman–Crippen MR) is 139 cm³/mol. The molecule has 0 aliphatic carbocycles. The molecular formula is C28H30ClN3O3. The molecule has 7 heteroatoms. The van der Waals surface area contributed by atoms with Crippen LogP contribution in [0.5, 0.6) is 5.75 Å². The molecule has 2 N–H and O–H groups in total. The number of nitrogens with one attached hydrogen (secondary N) is 1. The van der Waals surface area contributed by atoms with Crippen LogP contribution in [0.4, 0.5) is 5.69 Å². The summed E-state index contributed by atoms with van der Waals surface area (Å²) in [6.07, 6.45) is 2.67. The molecule has 1 atom stereocenters. The monoisotopic (exact) mass is 491 g/mol. The van der Waals surface area contributed by atoms with Gasteiger partial charge in [0.15, 0.2) is 0 Å². The molecule has 2 heterocycles. The van der Waals surface area contributed by atoms with Crippen molar-refractivity contribution < 1.29 is 14.7 Å². The Bertz CT molecular complexity index is 1240. The van der Waals surface area contributed by atoms with Crippen LogP contribution in [0.3, 0.4) is 0 Å². The first-order valence-corrected chi connectivity index (χ1v) is 12.6. The van der Waals surface area contributed by atoms with Crippen molar-refractivity contribution in [3.8, 4) is 5.75 Å². The number of halogens is 1. The van der Waals surface area contributed by atoms with E-state index in [0.717, 1.165) is 38.9 Å². The molecule has 0 bridgehead atoms. The minimum absolute atomic E-state index is 0.0171. The van der Waals surface area contributed by atoms with Crippen LogP contribution in [0.1, 0.15) is 30.7 Å². The summed E-state index contributed by atoms with van der Waals surface area (Å²) >= 11 is 5.93. The van der Waals surface area contributed by atoms with Gasteiger partial charge in [0.25, 0.3) is 0 Å². The van der Waals surface area contributed by atoms with Crippen LogP contribution in [-0.2, 0) is 9.59 Å². The van der Waals surface area contributed by atoms with E-state index in [0.29, 0.717) is 24.7 Å². The highest BCUT2D eigenvalue weighted by Crippen LogP contribution is 2.31. The number of nitrogens with zero attached hydrogens (tertiary/aromatic N) is 2. The third kappa shape index (κ3) is 5.44. The van der Waals surface area contributed by atoms with Gasteiger partial charge in [0, 0.05) is 25.3 Å². The maximum atomic E-state index is 13.0. The van der Waals surface area contributed by atoms with Crippen molar-refractivity contribution in [3.05, 3.63) is 71.2 Å². The van der Waals surface area contributed by atoms with Gasteiger partial charge in [0.1, 0.15) is 5.75 Å². The number of phenolic OH excluding ortho intramolecular Hbond substituents is 1. The molecule has 0 spiro atoms. The average Bonchev–Trinajstić information content (AvgIpc) is 3.35. The minimum atomic E-state index is -0.172. The Morgan fingerprint density at radius 3 is 2.49 bits per heavy atom. The second kappa shape index (κ2) is 10.3. The fourth-order valence-electron chi connectivity index (χ4n) is 5.23. The van der Waals surface area contributed by atoms with Crippen molar-refractivity contribution in [3.63, 3.8) is 0 Å². The molecule has 3 aromatic rings. The largest absolute Gasteiger partial charge is 0.506 e. The number of carbonyl (C=O) groups excluding carboxylic acids is 2. The standard InChI is InChI=1S/C28H30ClN3O3/c29-25-16-24(7-8-26(25)33)30-28(35)23-9-12-31(17-23)18-27(34)32-13-10-20(11-14-32)22-6-5-19-3-1-2-4-21(19)15-22/h1-8,15-16,20,23,33H,9-14,17-18H2,(H,30,35). The lowest BCUT2D eigenvalue weighted by atomic mass is 9.88. The van der Waals surface area contributed by atoms with E-state index in [1.807, 2.05) is 4.90 Å². The predicted octanol–water partition coefficient (Wildman–Crippen LogP) is 4.87. The lowest BCUT2D eigenvalue weighted by Gasteiger charge is -2.33. The fourth-order valence-corrected chi connectivity index (χ4v) is 5.42. The van der Waals surface area contributed by atoms with Crippen LogP contribution < -0.4 is 5.32 Å². The summed E-state index contributed by atoms with van der Waals surface area (Å²) < 4.78 is 0. The molecular weight excluding hydrogens is 462 g/mol. The average molecular weight is 492 g/mol. The number of likely N-dealkylation sites (tertiary alicyclic amines) is 2. The third-order valence-electron chi connectivity index (χ3n) is 7.31. The number of fused-ring (bicyclic) bond motifs is 1. The van der Waals surface area contributed by atoms with Crippen LogP contribution in [0.15, 0.2) is 60.7 Å². The third-order valence-corrected chi connectivity index (χ3v) is 7.61. The van der Waals surface area contributed by atoms with E-state index in [1.165, 1.54) is 28.5 Å². The highest BCUT2D eigenvalue weighted by molar-refractivity contribution is 6.32. The molecule has 5 rings (SSSR count). The summed E-state index contributed by atoms with van der Waals surface area (Å²) in [6, 6.07) is 19.8. The maximum Gasteiger partial charge on any atom is 0.236 e. The SMILES string of the molecule is O=C(Nc1ccc(O)c(Cl)c1)C1CCN(CC(=O)N2CCC(c3ccc4ccccc4c3)CC2)C1. The van der Waals surface area contributed by atoms with Crippen molar-refractivity contribution in [2.24, 2.45) is 5.92 Å². The van der Waals surface area contributed by atoms with Crippen LogP contribution in [-0.4, -0.2) is 59.4 Å². The van der Waals surface area contributed by atoms with Crippen molar-refractivity contribution in [1.29, 1.82) is 0 Å². The van der Waals surface area contributed by atoms with Crippen LogP contribution in [0, 0.1) is 5.92 Å². The van der Waals surface area contributed by atoms with Gasteiger partial charge in [-0.25, -0.2) is 0 Å². The maximum absolute atomic E-state index is 13.0. The van der Waals surface area contributed by atoms with E-state index in [-0.39, 0.29) is 28.5 Å². The molecule has 2 amide bonds. The van der Waals surface area contributed by atoms with E-state index >= 15 is 0 Å². The Labute approximate surface area is 210 Å². The van der Waals surface area contributed by atoms with E-state index in [2.05, 4.69) is 52.7 Å². The van der Waals surface area contributed by atoms with Gasteiger partial charge < -0.3 is 15.3 Å². The first kappa shape index (κ1) is 23.6. The number of phenols is 1. The van der Waals surface area contributed by atoms with E-state index in [9.17, 15) is 14.7 Å². The molecule has 2 fully saturated rings. The minimum Gasteiger partial charge on any atom is -0.506 e. The number of rotatable bonds is 5. The van der Waals surface area contributed by atoms with Crippen molar-refractivity contribution in [2.75, 3.05) is 38.0 Å². The van der Waals surface area contributed by atoms with Gasteiger partial charge in [-0.2, -0.15) is 0 Å². The number of benzene rings is 3. The number of carbonyl (C=O) groups is 2. The van der Waals surface area contributed by atoms with E-state index < -0.39 is 0 Å². The molecule has 35 heavy (non-hydrogen) atoms. The Morgan fingerprint density at radius 2 is 1.71 bits per heavy atom. The van der Waals surface area contributed by atoms with Gasteiger partial charge in [0.2, 0.25) is 11.8 Å². The summed E-state index contributed by atoms with van der Waals surface area (Å²) in [6.45, 7) is 3.20. The number of aromatic hydroxyl groups is 1. The quantitative estimate of drug-likeness (QED) is 0.500. The Morgan fingerprint density at radius 1 is 0.943 bits per heavy atom. The molecule has 2 aliphatic rings. The number of amides is 2. The lowest BCUT2D eigenvalue weighted by Crippen LogP contribution is -2.43. The molecule has 182 valence electrons. The van der Waals surface area contributed by atoms with Gasteiger partial charge in [0.05, 0.1) is 17.5 Å². The van der Waals surface area contributed by atoms with Gasteiger partial charge in [-0.3, -0.25) is 14.5 Å². The van der Waals surface area contributed by atoms with E-state index in [4.69, 9.17) is 11.6 Å². The fraction of sp³-hybridized carbons (Fsp3) is 0.357. The smallest absolute Gasteiger partial charge is 0.236 e. The van der Waals surface area contributed by atoms with E-state index in [1.54, 1.807) is 6.07 Å². The number of hydrogen-bond donors (Lipinski definition) is 2. The molecule has 1 unspecified atom stereocenters. The number of hydrogen-bond acceptors (Lipinski definition) is 4. The zero-order valence-corrected chi connectivity index (χ0v) is 20.4. The topological polar surface area (TPSA) is 72.9 Å². The second-order valence-electron chi connectivity index (χ2n) is 9.64. The Balaban J connectivity index is 1.10. The summed E-state index contributed by atoms with van der Waals surface area (Å²) in [4.78, 5) is 29.7. The summed E-state index contributed by atoms with van der Waals surface area (Å²) in [5.74, 6) is 0.355. The molecule has 2 saturated heterocycles. The van der Waals surface area contributed by atoms with Gasteiger partial charge in [-0.05, 0) is 66.3 Å². The number of anilines is 1. The highest BCUT2D eigenvalue weighted by atomic mass is 35.5. The first-order chi connectivity index (χ1) is 17.0. The van der Waals surface area contributed by atoms with Crippen molar-refractivity contribution >= 4 is 39.9 Å². The van der Waals surface area contributed by atoms with Crippen LogP contribution >= 0.6 is 11.6 Å². The zero-order valence-electron chi connectivity index (χ0n) is 19.6. The molecule has 0 radical (unpaired) electrons. The van der Waals surface area contributed by atoms with Gasteiger partial charge in [-0.1, -0.05) is 54.1 Å². The molecule has 3 aromatic carbocycles. The molecule has 0 saturated carbocycles. The van der Waals surface area contributed by atoms with Crippen molar-refractivity contribution in [2.45, 2.75) is 25.2 Å². The number of piperidine rings is 1. The van der Waals surface area contributed by atoms with Gasteiger partial charge in [-0.15, -0.1) is 0 Å². The molecule has 6 nitrogen and oxygen atoms in total. The van der Waals surface area contributed by atoms with Crippen LogP contribution in [0.2, 0.25) is 5.02 Å². The first-order valence-electron chi connectivity index (χ1n) is 12.2. The van der Waals surface area contributed by atoms with Crippen molar-refractivity contribution in [1.82, 2.24) is 9.80 Å². The van der Waals surface area contributed by atoms with Crippen LogP contribution in [0.25, 0.3) is 10.8 Å². The normalized spacial score (nSPS) is 19.2.